The van der Waals surface area contributed by atoms with Gasteiger partial charge in [0.1, 0.15) is 5.82 Å². The highest BCUT2D eigenvalue weighted by Crippen LogP contribution is 2.25. The number of aromatic nitrogens is 2. The van der Waals surface area contributed by atoms with Crippen molar-refractivity contribution < 1.29 is 14.7 Å². The molecule has 4 rings (SSSR count). The molecule has 1 heterocycles. The maximum atomic E-state index is 12.6. The first-order valence-corrected chi connectivity index (χ1v) is 9.01. The van der Waals surface area contributed by atoms with Crippen LogP contribution in [0.1, 0.15) is 26.3 Å². The largest absolute Gasteiger partial charge is 0.478 e. The molecule has 0 spiro atoms. The summed E-state index contributed by atoms with van der Waals surface area (Å²) in [5, 5.41) is 9.81. The molecule has 4 aromatic rings. The van der Waals surface area contributed by atoms with Crippen molar-refractivity contribution >= 4 is 46.0 Å². The molecule has 3 aromatic carbocycles. The van der Waals surface area contributed by atoms with Crippen molar-refractivity contribution in [3.8, 4) is 11.4 Å². The van der Waals surface area contributed by atoms with E-state index in [-0.39, 0.29) is 11.3 Å². The number of aromatic carboxylic acids is 1. The van der Waals surface area contributed by atoms with Crippen LogP contribution in [0.2, 0.25) is 10.0 Å². The van der Waals surface area contributed by atoms with E-state index >= 15 is 0 Å². The topological polar surface area (TPSA) is 83.0 Å². The van der Waals surface area contributed by atoms with Crippen LogP contribution in [0.15, 0.2) is 60.7 Å². The third kappa shape index (κ3) is 3.38. The molecule has 0 fully saturated rings. The monoisotopic (exact) mass is 410 g/mol. The van der Waals surface area contributed by atoms with Gasteiger partial charge < -0.3 is 10.1 Å². The number of aromatic amines is 1. The van der Waals surface area contributed by atoms with Crippen molar-refractivity contribution in [3.63, 3.8) is 0 Å². The van der Waals surface area contributed by atoms with Gasteiger partial charge in [0.15, 0.2) is 5.78 Å². The van der Waals surface area contributed by atoms with Gasteiger partial charge in [0.25, 0.3) is 0 Å². The van der Waals surface area contributed by atoms with Crippen molar-refractivity contribution in [3.05, 3.63) is 87.4 Å². The number of carbonyl (C=O) groups excluding carboxylic acids is 1. The van der Waals surface area contributed by atoms with E-state index in [4.69, 9.17) is 28.3 Å². The maximum absolute atomic E-state index is 12.6. The fourth-order valence-corrected chi connectivity index (χ4v) is 3.16. The lowest BCUT2D eigenvalue weighted by atomic mass is 10.0. The highest BCUT2D eigenvalue weighted by Gasteiger charge is 2.13. The molecule has 5 nitrogen and oxygen atoms in total. The first-order valence-electron chi connectivity index (χ1n) is 8.25. The van der Waals surface area contributed by atoms with E-state index in [9.17, 15) is 9.59 Å². The molecule has 2 N–H and O–H groups in total. The first kappa shape index (κ1) is 18.2. The molecule has 0 radical (unpaired) electrons. The van der Waals surface area contributed by atoms with E-state index in [1.165, 1.54) is 12.1 Å². The lowest BCUT2D eigenvalue weighted by molar-refractivity contribution is 0.0697. The highest BCUT2D eigenvalue weighted by atomic mass is 35.5. The Bertz CT molecular complexity index is 1230. The van der Waals surface area contributed by atoms with Crippen LogP contribution in [0.25, 0.3) is 22.4 Å². The fraction of sp³-hybridized carbons (Fsp3) is 0. The zero-order valence-electron chi connectivity index (χ0n) is 14.2. The van der Waals surface area contributed by atoms with Crippen LogP contribution in [0.3, 0.4) is 0 Å². The summed E-state index contributed by atoms with van der Waals surface area (Å²) >= 11 is 11.9. The molecular formula is C21H12Cl2N2O3. The Labute approximate surface area is 169 Å². The number of carboxylic acid groups (broad SMARTS) is 1. The number of rotatable bonds is 4. The SMILES string of the molecule is O=C(O)c1ccc2[nH]c(-c3ccc(C(=O)c4ccc(Cl)c(Cl)c4)cc3)nc2c1. The molecule has 0 aliphatic carbocycles. The van der Waals surface area contributed by atoms with Crippen LogP contribution in [0.4, 0.5) is 0 Å². The van der Waals surface area contributed by atoms with Gasteiger partial charge >= 0.3 is 5.97 Å². The van der Waals surface area contributed by atoms with Crippen LogP contribution in [-0.2, 0) is 0 Å². The number of nitrogens with one attached hydrogen (secondary N) is 1. The molecule has 0 saturated carbocycles. The second kappa shape index (κ2) is 7.11. The second-order valence-electron chi connectivity index (χ2n) is 6.16. The van der Waals surface area contributed by atoms with Gasteiger partial charge in [0, 0.05) is 16.7 Å². The first-order chi connectivity index (χ1) is 13.4. The Morgan fingerprint density at radius 2 is 1.50 bits per heavy atom. The maximum Gasteiger partial charge on any atom is 0.335 e. The lowest BCUT2D eigenvalue weighted by Crippen LogP contribution is -2.01. The molecule has 0 aliphatic rings. The van der Waals surface area contributed by atoms with Gasteiger partial charge in [-0.15, -0.1) is 0 Å². The molecule has 0 amide bonds. The number of ketones is 1. The minimum Gasteiger partial charge on any atom is -0.478 e. The number of H-pyrrole nitrogens is 1. The van der Waals surface area contributed by atoms with Crippen LogP contribution in [0.5, 0.6) is 0 Å². The van der Waals surface area contributed by atoms with Gasteiger partial charge in [0.05, 0.1) is 26.6 Å². The molecule has 0 bridgehead atoms. The predicted octanol–water partition coefficient (Wildman–Crippen LogP) is 5.47. The molecule has 138 valence electrons. The standard InChI is InChI=1S/C21H12Cl2N2O3/c22-15-7-5-13(9-16(15)23)19(26)11-1-3-12(4-2-11)20-24-17-8-6-14(21(27)28)10-18(17)25-20/h1-10H,(H,24,25)(H,27,28). The smallest absolute Gasteiger partial charge is 0.335 e. The number of halogens is 2. The van der Waals surface area contributed by atoms with Crippen molar-refractivity contribution in [1.82, 2.24) is 9.97 Å². The molecule has 7 heteroatoms. The molecule has 0 aliphatic heterocycles. The Morgan fingerprint density at radius 3 is 2.18 bits per heavy atom. The van der Waals surface area contributed by atoms with Crippen LogP contribution >= 0.6 is 23.2 Å². The van der Waals surface area contributed by atoms with Gasteiger partial charge in [-0.05, 0) is 36.4 Å². The minimum absolute atomic E-state index is 0.166. The third-order valence-corrected chi connectivity index (χ3v) is 5.07. The predicted molar refractivity (Wildman–Crippen MR) is 108 cm³/mol. The Kier molecular flexibility index (Phi) is 4.63. The zero-order valence-corrected chi connectivity index (χ0v) is 15.8. The zero-order chi connectivity index (χ0) is 19.8. The van der Waals surface area contributed by atoms with Gasteiger partial charge in [-0.25, -0.2) is 9.78 Å². The van der Waals surface area contributed by atoms with E-state index in [1.54, 1.807) is 48.5 Å². The van der Waals surface area contributed by atoms with Gasteiger partial charge in [0.2, 0.25) is 0 Å². The number of nitrogens with zero attached hydrogens (tertiary/aromatic N) is 1. The van der Waals surface area contributed by atoms with Crippen molar-refractivity contribution in [2.75, 3.05) is 0 Å². The summed E-state index contributed by atoms with van der Waals surface area (Å²) in [6.07, 6.45) is 0. The number of benzene rings is 3. The van der Waals surface area contributed by atoms with Crippen molar-refractivity contribution in [2.24, 2.45) is 0 Å². The van der Waals surface area contributed by atoms with E-state index in [2.05, 4.69) is 9.97 Å². The third-order valence-electron chi connectivity index (χ3n) is 4.33. The van der Waals surface area contributed by atoms with E-state index in [1.807, 2.05) is 0 Å². The van der Waals surface area contributed by atoms with Crippen molar-refractivity contribution in [1.29, 1.82) is 0 Å². The summed E-state index contributed by atoms with van der Waals surface area (Å²) in [5.74, 6) is -0.580. The highest BCUT2D eigenvalue weighted by molar-refractivity contribution is 6.42. The Hall–Kier alpha value is -3.15. The number of carboxylic acids is 1. The van der Waals surface area contributed by atoms with Gasteiger partial charge in [-0.2, -0.15) is 0 Å². The fourth-order valence-electron chi connectivity index (χ4n) is 2.86. The summed E-state index contributed by atoms with van der Waals surface area (Å²) in [6.45, 7) is 0. The molecule has 1 aromatic heterocycles. The quantitative estimate of drug-likeness (QED) is 0.437. The minimum atomic E-state index is -1.00. The van der Waals surface area contributed by atoms with Gasteiger partial charge in [-0.1, -0.05) is 47.5 Å². The normalized spacial score (nSPS) is 10.9. The average Bonchev–Trinajstić information content (AvgIpc) is 3.13. The number of imidazole rings is 1. The number of fused-ring (bicyclic) bond motifs is 1. The van der Waals surface area contributed by atoms with E-state index < -0.39 is 5.97 Å². The second-order valence-corrected chi connectivity index (χ2v) is 6.97. The van der Waals surface area contributed by atoms with Crippen LogP contribution in [0, 0.1) is 0 Å². The molecule has 0 atom stereocenters. The molecule has 28 heavy (non-hydrogen) atoms. The van der Waals surface area contributed by atoms with Crippen LogP contribution in [-0.4, -0.2) is 26.8 Å². The summed E-state index contributed by atoms with van der Waals surface area (Å²) in [7, 11) is 0. The lowest BCUT2D eigenvalue weighted by Gasteiger charge is -2.04. The molecule has 0 saturated heterocycles. The van der Waals surface area contributed by atoms with Crippen molar-refractivity contribution in [2.45, 2.75) is 0 Å². The summed E-state index contributed by atoms with van der Waals surface area (Å²) in [5.41, 5.74) is 3.20. The Morgan fingerprint density at radius 1 is 0.821 bits per heavy atom. The van der Waals surface area contributed by atoms with E-state index in [0.29, 0.717) is 32.5 Å². The summed E-state index contributed by atoms with van der Waals surface area (Å²) in [6, 6.07) is 16.4. The van der Waals surface area contributed by atoms with Crippen LogP contribution < -0.4 is 0 Å². The molecular weight excluding hydrogens is 399 g/mol. The average molecular weight is 411 g/mol. The summed E-state index contributed by atoms with van der Waals surface area (Å²) < 4.78 is 0. The Balaban J connectivity index is 1.64. The molecule has 0 unspecified atom stereocenters. The number of hydrogen-bond donors (Lipinski definition) is 2. The number of hydrogen-bond acceptors (Lipinski definition) is 3. The van der Waals surface area contributed by atoms with E-state index in [0.717, 1.165) is 11.1 Å². The number of carbonyl (C=O) groups is 2. The van der Waals surface area contributed by atoms with Gasteiger partial charge in [-0.3, -0.25) is 4.79 Å². The summed E-state index contributed by atoms with van der Waals surface area (Å²) in [4.78, 5) is 31.3.